The van der Waals surface area contributed by atoms with E-state index in [0.717, 1.165) is 25.8 Å². The molecule has 2 amide bonds. The number of unbranched alkanes of at least 4 members (excludes halogenated alkanes) is 1. The molecule has 0 saturated carbocycles. The van der Waals surface area contributed by atoms with Crippen molar-refractivity contribution in [2.75, 3.05) is 26.2 Å². The van der Waals surface area contributed by atoms with E-state index in [4.69, 9.17) is 0 Å². The van der Waals surface area contributed by atoms with Gasteiger partial charge in [0, 0.05) is 26.2 Å². The van der Waals surface area contributed by atoms with Gasteiger partial charge in [0.05, 0.1) is 5.41 Å². The zero-order chi connectivity index (χ0) is 15.2. The maximum atomic E-state index is 12.5. The maximum Gasteiger partial charge on any atom is 0.320 e. The summed E-state index contributed by atoms with van der Waals surface area (Å²) in [4.78, 5) is 27.5. The lowest BCUT2D eigenvalue weighted by atomic mass is 9.83. The number of nitrogens with zero attached hydrogens (tertiary/aromatic N) is 2. The smallest absolute Gasteiger partial charge is 0.320 e. The standard InChI is InChI=1S/C15H28N2O3/c1-4-7-10-16(6-3)14(20)17-11-9-15(12-17,8-5-2)13(18)19/h4-12H2,1-3H3,(H,18,19). The molecule has 0 aromatic heterocycles. The van der Waals surface area contributed by atoms with Crippen molar-refractivity contribution in [1.82, 2.24) is 9.80 Å². The molecule has 0 spiro atoms. The van der Waals surface area contributed by atoms with E-state index in [1.807, 2.05) is 18.7 Å². The van der Waals surface area contributed by atoms with Gasteiger partial charge in [-0.05, 0) is 26.2 Å². The SMILES string of the molecule is CCCCN(CC)C(=O)N1CCC(CCC)(C(=O)O)C1. The van der Waals surface area contributed by atoms with Crippen LogP contribution in [-0.2, 0) is 4.79 Å². The maximum absolute atomic E-state index is 12.5. The molecule has 5 heteroatoms. The number of aliphatic carboxylic acids is 1. The highest BCUT2D eigenvalue weighted by Crippen LogP contribution is 2.36. The Labute approximate surface area is 121 Å². The van der Waals surface area contributed by atoms with Crippen LogP contribution in [0.25, 0.3) is 0 Å². The Morgan fingerprint density at radius 1 is 1.25 bits per heavy atom. The molecule has 1 aliphatic rings. The molecule has 0 aromatic carbocycles. The highest BCUT2D eigenvalue weighted by molar-refractivity contribution is 5.79. The van der Waals surface area contributed by atoms with E-state index in [-0.39, 0.29) is 6.03 Å². The Bertz CT molecular complexity index is 346. The molecule has 1 saturated heterocycles. The highest BCUT2D eigenvalue weighted by Gasteiger charge is 2.45. The number of rotatable bonds is 7. The second-order valence-electron chi connectivity index (χ2n) is 5.72. The van der Waals surface area contributed by atoms with Gasteiger partial charge in [0.1, 0.15) is 0 Å². The van der Waals surface area contributed by atoms with Crippen LogP contribution >= 0.6 is 0 Å². The molecule has 1 N–H and O–H groups in total. The van der Waals surface area contributed by atoms with Crippen LogP contribution in [0.4, 0.5) is 4.79 Å². The minimum atomic E-state index is -0.758. The summed E-state index contributed by atoms with van der Waals surface area (Å²) in [7, 11) is 0. The lowest BCUT2D eigenvalue weighted by Crippen LogP contribution is -2.44. The molecule has 1 heterocycles. The molecule has 0 bridgehead atoms. The molecule has 1 unspecified atom stereocenters. The van der Waals surface area contributed by atoms with E-state index >= 15 is 0 Å². The summed E-state index contributed by atoms with van der Waals surface area (Å²) in [5.74, 6) is -0.758. The average Bonchev–Trinajstić information content (AvgIpc) is 2.85. The first kappa shape index (κ1) is 16.8. The molecule has 0 aromatic rings. The van der Waals surface area contributed by atoms with Gasteiger partial charge in [-0.15, -0.1) is 0 Å². The number of hydrogen-bond acceptors (Lipinski definition) is 2. The van der Waals surface area contributed by atoms with Crippen molar-refractivity contribution in [2.45, 2.75) is 52.9 Å². The number of urea groups is 1. The molecule has 1 atom stereocenters. The summed E-state index contributed by atoms with van der Waals surface area (Å²) >= 11 is 0. The minimum absolute atomic E-state index is 0.000165. The molecule has 0 radical (unpaired) electrons. The number of carbonyl (C=O) groups is 2. The number of likely N-dealkylation sites (tertiary alicyclic amines) is 1. The third-order valence-corrected chi connectivity index (χ3v) is 4.24. The summed E-state index contributed by atoms with van der Waals surface area (Å²) in [5.41, 5.74) is -0.728. The molecule has 1 rings (SSSR count). The van der Waals surface area contributed by atoms with Crippen LogP contribution in [0.5, 0.6) is 0 Å². The topological polar surface area (TPSA) is 60.9 Å². The van der Waals surface area contributed by atoms with Gasteiger partial charge in [0.2, 0.25) is 0 Å². The van der Waals surface area contributed by atoms with Gasteiger partial charge < -0.3 is 14.9 Å². The van der Waals surface area contributed by atoms with Crippen LogP contribution < -0.4 is 0 Å². The summed E-state index contributed by atoms with van der Waals surface area (Å²) in [6, 6.07) is 0.000165. The molecule has 20 heavy (non-hydrogen) atoms. The highest BCUT2D eigenvalue weighted by atomic mass is 16.4. The Kier molecular flexibility index (Phi) is 6.30. The largest absolute Gasteiger partial charge is 0.481 e. The van der Waals surface area contributed by atoms with E-state index in [2.05, 4.69) is 6.92 Å². The zero-order valence-electron chi connectivity index (χ0n) is 13.0. The normalized spacial score (nSPS) is 22.1. The first-order valence-corrected chi connectivity index (χ1v) is 7.78. The number of hydrogen-bond donors (Lipinski definition) is 1. The molecular weight excluding hydrogens is 256 g/mol. The Hall–Kier alpha value is -1.26. The van der Waals surface area contributed by atoms with Gasteiger partial charge in [0.15, 0.2) is 0 Å². The summed E-state index contributed by atoms with van der Waals surface area (Å²) in [6.45, 7) is 8.44. The first-order valence-electron chi connectivity index (χ1n) is 7.78. The lowest BCUT2D eigenvalue weighted by molar-refractivity contribution is -0.148. The number of carboxylic acids is 1. The molecule has 1 aliphatic heterocycles. The van der Waals surface area contributed by atoms with E-state index in [1.54, 1.807) is 4.90 Å². The zero-order valence-corrected chi connectivity index (χ0v) is 13.0. The third kappa shape index (κ3) is 3.64. The van der Waals surface area contributed by atoms with E-state index in [9.17, 15) is 14.7 Å². The lowest BCUT2D eigenvalue weighted by Gasteiger charge is -2.29. The van der Waals surface area contributed by atoms with Gasteiger partial charge in [-0.2, -0.15) is 0 Å². The Morgan fingerprint density at radius 3 is 2.45 bits per heavy atom. The third-order valence-electron chi connectivity index (χ3n) is 4.24. The number of carboxylic acid groups (broad SMARTS) is 1. The van der Waals surface area contributed by atoms with Crippen molar-refractivity contribution in [1.29, 1.82) is 0 Å². The summed E-state index contributed by atoms with van der Waals surface area (Å²) < 4.78 is 0. The second-order valence-corrected chi connectivity index (χ2v) is 5.72. The fourth-order valence-electron chi connectivity index (χ4n) is 2.94. The predicted octanol–water partition coefficient (Wildman–Crippen LogP) is 2.81. The van der Waals surface area contributed by atoms with Crippen LogP contribution in [-0.4, -0.2) is 53.1 Å². The quantitative estimate of drug-likeness (QED) is 0.782. The first-order chi connectivity index (χ1) is 9.50. The fourth-order valence-corrected chi connectivity index (χ4v) is 2.94. The predicted molar refractivity (Wildman–Crippen MR) is 78.7 cm³/mol. The van der Waals surface area contributed by atoms with Gasteiger partial charge in [-0.1, -0.05) is 26.7 Å². The van der Waals surface area contributed by atoms with Crippen LogP contribution in [0.1, 0.15) is 52.9 Å². The Balaban J connectivity index is 2.69. The number of amides is 2. The summed E-state index contributed by atoms with van der Waals surface area (Å²) in [6.07, 6.45) is 4.10. The van der Waals surface area contributed by atoms with Crippen molar-refractivity contribution < 1.29 is 14.7 Å². The second kappa shape index (κ2) is 7.50. The van der Waals surface area contributed by atoms with Gasteiger partial charge in [-0.25, -0.2) is 4.79 Å². The fraction of sp³-hybridized carbons (Fsp3) is 0.867. The van der Waals surface area contributed by atoms with Crippen molar-refractivity contribution in [2.24, 2.45) is 5.41 Å². The minimum Gasteiger partial charge on any atom is -0.481 e. The molecular formula is C15H28N2O3. The molecule has 116 valence electrons. The van der Waals surface area contributed by atoms with E-state index in [1.165, 1.54) is 0 Å². The van der Waals surface area contributed by atoms with Crippen LogP contribution in [0, 0.1) is 5.41 Å². The van der Waals surface area contributed by atoms with Crippen LogP contribution in [0.15, 0.2) is 0 Å². The molecule has 5 nitrogen and oxygen atoms in total. The van der Waals surface area contributed by atoms with Gasteiger partial charge >= 0.3 is 12.0 Å². The monoisotopic (exact) mass is 284 g/mol. The van der Waals surface area contributed by atoms with Crippen molar-refractivity contribution in [3.63, 3.8) is 0 Å². The molecule has 1 fully saturated rings. The average molecular weight is 284 g/mol. The van der Waals surface area contributed by atoms with Gasteiger partial charge in [0.25, 0.3) is 0 Å². The van der Waals surface area contributed by atoms with E-state index < -0.39 is 11.4 Å². The van der Waals surface area contributed by atoms with Gasteiger partial charge in [-0.3, -0.25) is 4.79 Å². The number of carbonyl (C=O) groups excluding carboxylic acids is 1. The molecule has 0 aliphatic carbocycles. The van der Waals surface area contributed by atoms with Crippen molar-refractivity contribution in [3.05, 3.63) is 0 Å². The summed E-state index contributed by atoms with van der Waals surface area (Å²) in [5, 5.41) is 9.48. The van der Waals surface area contributed by atoms with Crippen molar-refractivity contribution >= 4 is 12.0 Å². The van der Waals surface area contributed by atoms with Crippen molar-refractivity contribution in [3.8, 4) is 0 Å². The Morgan fingerprint density at radius 2 is 1.95 bits per heavy atom. The van der Waals surface area contributed by atoms with E-state index in [0.29, 0.717) is 32.5 Å². The van der Waals surface area contributed by atoms with Crippen LogP contribution in [0.2, 0.25) is 0 Å². The van der Waals surface area contributed by atoms with Crippen LogP contribution in [0.3, 0.4) is 0 Å².